The molecule has 0 aliphatic heterocycles. The Morgan fingerprint density at radius 3 is 1.71 bits per heavy atom. The normalized spacial score (nSPS) is 10.9. The van der Waals surface area contributed by atoms with Crippen molar-refractivity contribution in [2.75, 3.05) is 6.61 Å². The van der Waals surface area contributed by atoms with Crippen molar-refractivity contribution in [1.29, 1.82) is 0 Å². The second kappa shape index (κ2) is 10.8. The Hall–Kier alpha value is -2.33. The van der Waals surface area contributed by atoms with E-state index in [1.54, 1.807) is 0 Å². The molecule has 0 atom stereocenters. The summed E-state index contributed by atoms with van der Waals surface area (Å²) < 4.78 is 5.14. The van der Waals surface area contributed by atoms with E-state index in [9.17, 15) is 4.79 Å². The Kier molecular flexibility index (Phi) is 8.14. The molecule has 4 aromatic rings. The quantitative estimate of drug-likeness (QED) is 0.280. The predicted octanol–water partition coefficient (Wildman–Crippen LogP) is 1.82. The number of hydrogen-bond donors (Lipinski definition) is 0. The largest absolute Gasteiger partial charge is 1.00 e. The van der Waals surface area contributed by atoms with Crippen molar-refractivity contribution in [2.24, 2.45) is 0 Å². The van der Waals surface area contributed by atoms with Crippen LogP contribution in [0.25, 0.3) is 0 Å². The molecule has 0 saturated carbocycles. The number of carbonyl (C=O) groups excluding carboxylic acids is 1. The minimum absolute atomic E-state index is 0. The van der Waals surface area contributed by atoms with Crippen molar-refractivity contribution in [3.63, 3.8) is 0 Å². The number of aromatic nitrogens is 1. The smallest absolute Gasteiger partial charge is 0.357 e. The number of nitrogens with zero attached hydrogens (tertiary/aromatic N) is 1. The molecule has 1 heterocycles. The fourth-order valence-electron chi connectivity index (χ4n) is 3.65. The highest BCUT2D eigenvalue weighted by Crippen LogP contribution is 2.58. The molecule has 31 heavy (non-hydrogen) atoms. The molecule has 4 rings (SSSR count). The number of halogens is 1. The average Bonchev–Trinajstić information content (AvgIpc) is 3.28. The summed E-state index contributed by atoms with van der Waals surface area (Å²) >= 11 is 1.53. The molecule has 6 heteroatoms. The highest BCUT2D eigenvalue weighted by Gasteiger charge is 2.46. The van der Waals surface area contributed by atoms with E-state index < -0.39 is 7.26 Å². The van der Waals surface area contributed by atoms with Crippen LogP contribution in [0.3, 0.4) is 0 Å². The summed E-state index contributed by atoms with van der Waals surface area (Å²) in [5, 5.41) is 6.66. The summed E-state index contributed by atoms with van der Waals surface area (Å²) in [7, 11) is -2.01. The van der Waals surface area contributed by atoms with Crippen molar-refractivity contribution in [1.82, 2.24) is 4.98 Å². The van der Waals surface area contributed by atoms with Crippen molar-refractivity contribution in [2.45, 2.75) is 13.1 Å². The number of thiazole rings is 1. The summed E-state index contributed by atoms with van der Waals surface area (Å²) in [6.45, 7) is 2.16. The van der Waals surface area contributed by atoms with Gasteiger partial charge in [0.05, 0.1) is 6.61 Å². The van der Waals surface area contributed by atoms with E-state index >= 15 is 0 Å². The van der Waals surface area contributed by atoms with Crippen LogP contribution in [0, 0.1) is 0 Å². The predicted molar refractivity (Wildman–Crippen MR) is 127 cm³/mol. The van der Waals surface area contributed by atoms with Gasteiger partial charge in [0.25, 0.3) is 0 Å². The van der Waals surface area contributed by atoms with Gasteiger partial charge >= 0.3 is 5.97 Å². The molecule has 0 radical (unpaired) electrons. The third kappa shape index (κ3) is 4.95. The maximum absolute atomic E-state index is 12.2. The molecule has 0 spiro atoms. The van der Waals surface area contributed by atoms with Crippen molar-refractivity contribution in [3.8, 4) is 0 Å². The standard InChI is InChI=1S/C25H23NO2PS.BrH/c1-2-28-25(27)23-19-30-24(26-23)18-29(20-12-6-3-7-13-20,21-14-8-4-9-15-21)22-16-10-5-11-17-22;/h3-17,19H,2,18H2,1H3;1H/q+1;/p-1. The molecule has 0 unspecified atom stereocenters. The number of rotatable bonds is 7. The fraction of sp³-hybridized carbons (Fsp3) is 0.120. The summed E-state index contributed by atoms with van der Waals surface area (Å²) in [4.78, 5) is 16.8. The highest BCUT2D eigenvalue weighted by molar-refractivity contribution is 7.95. The lowest BCUT2D eigenvalue weighted by Gasteiger charge is -2.26. The van der Waals surface area contributed by atoms with Gasteiger partial charge in [-0.05, 0) is 43.3 Å². The zero-order valence-corrected chi connectivity index (χ0v) is 20.4. The summed E-state index contributed by atoms with van der Waals surface area (Å²) in [6, 6.07) is 32.0. The van der Waals surface area contributed by atoms with Gasteiger partial charge in [0, 0.05) is 5.38 Å². The van der Waals surface area contributed by atoms with Crippen molar-refractivity contribution >= 4 is 40.5 Å². The van der Waals surface area contributed by atoms with Gasteiger partial charge in [-0.15, -0.1) is 11.3 Å². The van der Waals surface area contributed by atoms with Crippen LogP contribution < -0.4 is 32.9 Å². The Bertz CT molecular complexity index is 1010. The van der Waals surface area contributed by atoms with E-state index in [0.29, 0.717) is 12.3 Å². The van der Waals surface area contributed by atoms with E-state index in [4.69, 9.17) is 4.74 Å². The molecule has 0 bridgehead atoms. The van der Waals surface area contributed by atoms with E-state index in [2.05, 4.69) is 96.0 Å². The third-order valence-corrected chi connectivity index (χ3v) is 10.4. The number of hydrogen-bond acceptors (Lipinski definition) is 4. The minimum Gasteiger partial charge on any atom is -1.00 e. The van der Waals surface area contributed by atoms with Crippen LogP contribution in [0.5, 0.6) is 0 Å². The Labute approximate surface area is 198 Å². The molecule has 1 aromatic heterocycles. The first-order valence-electron chi connectivity index (χ1n) is 9.90. The van der Waals surface area contributed by atoms with Crippen LogP contribution in [0.4, 0.5) is 0 Å². The lowest BCUT2D eigenvalue weighted by atomic mass is 10.4. The Morgan fingerprint density at radius 2 is 1.29 bits per heavy atom. The zero-order valence-electron chi connectivity index (χ0n) is 17.1. The fourth-order valence-corrected chi connectivity index (χ4v) is 9.04. The van der Waals surface area contributed by atoms with E-state index in [0.717, 1.165) is 11.2 Å². The van der Waals surface area contributed by atoms with Crippen LogP contribution in [0.1, 0.15) is 22.4 Å². The van der Waals surface area contributed by atoms with Crippen molar-refractivity contribution in [3.05, 3.63) is 107 Å². The summed E-state index contributed by atoms with van der Waals surface area (Å²) in [5.74, 6) is -0.358. The number of carbonyl (C=O) groups is 1. The van der Waals surface area contributed by atoms with Gasteiger partial charge in [-0.2, -0.15) is 0 Å². The SMILES string of the molecule is CCOC(=O)c1csc(C[P+](c2ccccc2)(c2ccccc2)c2ccccc2)n1.[Br-]. The van der Waals surface area contributed by atoms with Gasteiger partial charge in [0.15, 0.2) is 5.69 Å². The average molecular weight is 512 g/mol. The molecule has 0 amide bonds. The van der Waals surface area contributed by atoms with E-state index in [1.807, 2.05) is 12.3 Å². The number of ether oxygens (including phenoxy) is 1. The maximum atomic E-state index is 12.2. The first-order chi connectivity index (χ1) is 14.7. The van der Waals surface area contributed by atoms with Gasteiger partial charge in [-0.25, -0.2) is 9.78 Å². The minimum atomic E-state index is -2.01. The van der Waals surface area contributed by atoms with Crippen LogP contribution in [0.2, 0.25) is 0 Å². The van der Waals surface area contributed by atoms with Crippen LogP contribution >= 0.6 is 18.6 Å². The van der Waals surface area contributed by atoms with Gasteiger partial charge in [0.2, 0.25) is 0 Å². The molecule has 158 valence electrons. The summed E-state index contributed by atoms with van der Waals surface area (Å²) in [6.07, 6.45) is 0.759. The lowest BCUT2D eigenvalue weighted by molar-refractivity contribution is -0.0000237. The van der Waals surface area contributed by atoms with Crippen LogP contribution in [-0.4, -0.2) is 17.6 Å². The highest BCUT2D eigenvalue weighted by atomic mass is 79.9. The lowest BCUT2D eigenvalue weighted by Crippen LogP contribution is -3.00. The Balaban J connectivity index is 0.00000272. The second-order valence-corrected chi connectivity index (χ2v) is 11.2. The molecular formula is C25H23BrNO2PS. The first kappa shape index (κ1) is 23.3. The van der Waals surface area contributed by atoms with Crippen LogP contribution in [0.15, 0.2) is 96.4 Å². The third-order valence-electron chi connectivity index (χ3n) is 5.00. The second-order valence-electron chi connectivity index (χ2n) is 6.82. The monoisotopic (exact) mass is 511 g/mol. The Morgan fingerprint density at radius 1 is 0.839 bits per heavy atom. The van der Waals surface area contributed by atoms with E-state index in [-0.39, 0.29) is 23.0 Å². The first-order valence-corrected chi connectivity index (χ1v) is 12.8. The molecule has 0 saturated heterocycles. The van der Waals surface area contributed by atoms with Gasteiger partial charge in [-0.3, -0.25) is 0 Å². The molecule has 3 aromatic carbocycles. The van der Waals surface area contributed by atoms with Gasteiger partial charge in [0.1, 0.15) is 34.3 Å². The summed E-state index contributed by atoms with van der Waals surface area (Å²) in [5.41, 5.74) is 0.393. The van der Waals surface area contributed by atoms with Crippen LogP contribution in [-0.2, 0) is 10.9 Å². The molecule has 0 N–H and O–H groups in total. The zero-order chi connectivity index (χ0) is 20.8. The molecule has 0 fully saturated rings. The number of benzene rings is 3. The maximum Gasteiger partial charge on any atom is 0.357 e. The molecule has 0 aliphatic carbocycles. The molecular weight excluding hydrogens is 489 g/mol. The van der Waals surface area contributed by atoms with Gasteiger partial charge < -0.3 is 21.7 Å². The van der Waals surface area contributed by atoms with Gasteiger partial charge in [-0.1, -0.05) is 54.6 Å². The topological polar surface area (TPSA) is 39.2 Å². The van der Waals surface area contributed by atoms with Crippen molar-refractivity contribution < 1.29 is 26.5 Å². The molecule has 3 nitrogen and oxygen atoms in total. The molecule has 0 aliphatic rings. The number of esters is 1. The van der Waals surface area contributed by atoms with E-state index in [1.165, 1.54) is 27.3 Å².